The maximum atomic E-state index is 13.1. The third kappa shape index (κ3) is 2.48. The SMILES string of the molecule is FC1CCC1NCc1ccnc(N2CCCC2)c1. The van der Waals surface area contributed by atoms with Crippen LogP contribution in [0.25, 0.3) is 0 Å². The van der Waals surface area contributed by atoms with Gasteiger partial charge in [0.1, 0.15) is 12.0 Å². The van der Waals surface area contributed by atoms with Gasteiger partial charge in [-0.3, -0.25) is 0 Å². The van der Waals surface area contributed by atoms with E-state index in [1.807, 2.05) is 12.3 Å². The summed E-state index contributed by atoms with van der Waals surface area (Å²) in [6.45, 7) is 2.96. The Kier molecular flexibility index (Phi) is 3.46. The highest BCUT2D eigenvalue weighted by atomic mass is 19.1. The van der Waals surface area contributed by atoms with E-state index in [0.29, 0.717) is 6.42 Å². The van der Waals surface area contributed by atoms with E-state index < -0.39 is 6.17 Å². The molecule has 1 saturated carbocycles. The summed E-state index contributed by atoms with van der Waals surface area (Å²) in [6.07, 6.45) is 5.41. The third-order valence-corrected chi connectivity index (χ3v) is 4.00. The Bertz CT molecular complexity index is 404. The lowest BCUT2D eigenvalue weighted by molar-refractivity contribution is 0.141. The number of alkyl halides is 1. The largest absolute Gasteiger partial charge is 0.357 e. The molecule has 0 aromatic carbocycles. The van der Waals surface area contributed by atoms with Crippen molar-refractivity contribution in [2.45, 2.75) is 44.4 Å². The molecule has 1 saturated heterocycles. The van der Waals surface area contributed by atoms with Crippen molar-refractivity contribution in [3.63, 3.8) is 0 Å². The lowest BCUT2D eigenvalue weighted by Gasteiger charge is -2.31. The first-order valence-corrected chi connectivity index (χ1v) is 6.90. The van der Waals surface area contributed by atoms with Gasteiger partial charge in [-0.1, -0.05) is 0 Å². The number of aromatic nitrogens is 1. The van der Waals surface area contributed by atoms with Crippen molar-refractivity contribution in [1.82, 2.24) is 10.3 Å². The van der Waals surface area contributed by atoms with Crippen LogP contribution in [0.5, 0.6) is 0 Å². The molecule has 0 radical (unpaired) electrons. The van der Waals surface area contributed by atoms with Gasteiger partial charge >= 0.3 is 0 Å². The fourth-order valence-corrected chi connectivity index (χ4v) is 2.63. The van der Waals surface area contributed by atoms with Gasteiger partial charge in [-0.2, -0.15) is 0 Å². The minimum absolute atomic E-state index is 0.0633. The van der Waals surface area contributed by atoms with E-state index in [-0.39, 0.29) is 6.04 Å². The van der Waals surface area contributed by atoms with E-state index in [0.717, 1.165) is 31.9 Å². The van der Waals surface area contributed by atoms with E-state index >= 15 is 0 Å². The molecule has 3 rings (SSSR count). The zero-order valence-corrected chi connectivity index (χ0v) is 10.6. The van der Waals surface area contributed by atoms with Crippen LogP contribution >= 0.6 is 0 Å². The molecule has 98 valence electrons. The van der Waals surface area contributed by atoms with Crippen molar-refractivity contribution < 1.29 is 4.39 Å². The molecule has 1 aliphatic carbocycles. The van der Waals surface area contributed by atoms with Crippen LogP contribution in [-0.4, -0.2) is 30.3 Å². The highest BCUT2D eigenvalue weighted by molar-refractivity contribution is 5.41. The second-order valence-corrected chi connectivity index (χ2v) is 5.30. The zero-order chi connectivity index (χ0) is 12.4. The Morgan fingerprint density at radius 2 is 2.17 bits per heavy atom. The van der Waals surface area contributed by atoms with Crippen LogP contribution in [0.3, 0.4) is 0 Å². The molecule has 4 heteroatoms. The second-order valence-electron chi connectivity index (χ2n) is 5.30. The second kappa shape index (κ2) is 5.22. The number of rotatable bonds is 4. The first kappa shape index (κ1) is 11.9. The molecule has 1 aliphatic heterocycles. The number of hydrogen-bond donors (Lipinski definition) is 1. The molecule has 2 heterocycles. The number of nitrogens with zero attached hydrogens (tertiary/aromatic N) is 2. The van der Waals surface area contributed by atoms with Crippen molar-refractivity contribution in [3.8, 4) is 0 Å². The van der Waals surface area contributed by atoms with E-state index in [9.17, 15) is 4.39 Å². The number of anilines is 1. The molecule has 1 N–H and O–H groups in total. The molecule has 0 amide bonds. The standard InChI is InChI=1S/C14H20FN3/c15-12-3-4-13(12)17-10-11-5-6-16-14(9-11)18-7-1-2-8-18/h5-6,9,12-13,17H,1-4,7-8,10H2. The van der Waals surface area contributed by atoms with E-state index in [1.165, 1.54) is 18.4 Å². The van der Waals surface area contributed by atoms with Crippen LogP contribution in [0.4, 0.5) is 10.2 Å². The first-order valence-electron chi connectivity index (χ1n) is 6.90. The lowest BCUT2D eigenvalue weighted by atomic mass is 9.90. The number of pyridine rings is 1. The molecule has 2 aliphatic rings. The molecule has 0 spiro atoms. The van der Waals surface area contributed by atoms with Crippen molar-refractivity contribution >= 4 is 5.82 Å². The smallest absolute Gasteiger partial charge is 0.128 e. The third-order valence-electron chi connectivity index (χ3n) is 4.00. The van der Waals surface area contributed by atoms with Gasteiger partial charge in [0.25, 0.3) is 0 Å². The topological polar surface area (TPSA) is 28.2 Å². The van der Waals surface area contributed by atoms with E-state index in [4.69, 9.17) is 0 Å². The van der Waals surface area contributed by atoms with Crippen LogP contribution in [0.15, 0.2) is 18.3 Å². The monoisotopic (exact) mass is 249 g/mol. The predicted molar refractivity (Wildman–Crippen MR) is 70.4 cm³/mol. The molecular weight excluding hydrogens is 229 g/mol. The van der Waals surface area contributed by atoms with Crippen LogP contribution in [-0.2, 0) is 6.54 Å². The lowest BCUT2D eigenvalue weighted by Crippen LogP contribution is -2.45. The highest BCUT2D eigenvalue weighted by Crippen LogP contribution is 2.24. The van der Waals surface area contributed by atoms with Crippen molar-refractivity contribution in [3.05, 3.63) is 23.9 Å². The molecular formula is C14H20FN3. The van der Waals surface area contributed by atoms with Gasteiger partial charge in [0.05, 0.1) is 0 Å². The summed E-state index contributed by atoms with van der Waals surface area (Å²) in [5.74, 6) is 1.07. The number of nitrogens with one attached hydrogen (secondary N) is 1. The molecule has 2 atom stereocenters. The van der Waals surface area contributed by atoms with Gasteiger partial charge in [0, 0.05) is 31.9 Å². The van der Waals surface area contributed by atoms with E-state index in [1.54, 1.807) is 0 Å². The molecule has 1 aromatic rings. The summed E-state index contributed by atoms with van der Waals surface area (Å²) >= 11 is 0. The van der Waals surface area contributed by atoms with Gasteiger partial charge in [0.2, 0.25) is 0 Å². The summed E-state index contributed by atoms with van der Waals surface area (Å²) in [5, 5.41) is 3.28. The zero-order valence-electron chi connectivity index (χ0n) is 10.6. The Hall–Kier alpha value is -1.16. The Labute approximate surface area is 107 Å². The summed E-state index contributed by atoms with van der Waals surface area (Å²) < 4.78 is 13.1. The van der Waals surface area contributed by atoms with Gasteiger partial charge in [-0.25, -0.2) is 9.37 Å². The van der Waals surface area contributed by atoms with Crippen molar-refractivity contribution in [2.24, 2.45) is 0 Å². The van der Waals surface area contributed by atoms with Gasteiger partial charge < -0.3 is 10.2 Å². The van der Waals surface area contributed by atoms with Gasteiger partial charge in [0.15, 0.2) is 0 Å². The van der Waals surface area contributed by atoms with Crippen LogP contribution in [0, 0.1) is 0 Å². The molecule has 1 aromatic heterocycles. The molecule has 2 fully saturated rings. The minimum atomic E-state index is -0.648. The molecule has 0 bridgehead atoms. The summed E-state index contributed by atoms with van der Waals surface area (Å²) in [6, 6.07) is 4.20. The first-order chi connectivity index (χ1) is 8.83. The van der Waals surface area contributed by atoms with Crippen LogP contribution < -0.4 is 10.2 Å². The average molecular weight is 249 g/mol. The Balaban J connectivity index is 1.59. The highest BCUT2D eigenvalue weighted by Gasteiger charge is 2.29. The fourth-order valence-electron chi connectivity index (χ4n) is 2.63. The summed E-state index contributed by atoms with van der Waals surface area (Å²) in [4.78, 5) is 6.75. The normalized spacial score (nSPS) is 27.3. The van der Waals surface area contributed by atoms with Gasteiger partial charge in [-0.15, -0.1) is 0 Å². The maximum Gasteiger partial charge on any atom is 0.128 e. The Morgan fingerprint density at radius 1 is 1.33 bits per heavy atom. The average Bonchev–Trinajstić information content (AvgIpc) is 2.91. The predicted octanol–water partition coefficient (Wildman–Crippen LogP) is 2.27. The quantitative estimate of drug-likeness (QED) is 0.887. The number of halogens is 1. The minimum Gasteiger partial charge on any atom is -0.357 e. The van der Waals surface area contributed by atoms with Crippen LogP contribution in [0.1, 0.15) is 31.2 Å². The number of hydrogen-bond acceptors (Lipinski definition) is 3. The summed E-state index contributed by atoms with van der Waals surface area (Å²) in [7, 11) is 0. The van der Waals surface area contributed by atoms with Gasteiger partial charge in [-0.05, 0) is 43.4 Å². The molecule has 18 heavy (non-hydrogen) atoms. The fraction of sp³-hybridized carbons (Fsp3) is 0.643. The van der Waals surface area contributed by atoms with Crippen molar-refractivity contribution in [2.75, 3.05) is 18.0 Å². The van der Waals surface area contributed by atoms with E-state index in [2.05, 4.69) is 21.3 Å². The summed E-state index contributed by atoms with van der Waals surface area (Å²) in [5.41, 5.74) is 1.20. The molecule has 3 nitrogen and oxygen atoms in total. The molecule has 2 unspecified atom stereocenters. The maximum absolute atomic E-state index is 13.1. The van der Waals surface area contributed by atoms with Crippen LogP contribution in [0.2, 0.25) is 0 Å². The van der Waals surface area contributed by atoms with Crippen molar-refractivity contribution in [1.29, 1.82) is 0 Å². The Morgan fingerprint density at radius 3 is 2.83 bits per heavy atom.